The number of aliphatic imine (C=N–C) groups is 1. The third-order valence-electron chi connectivity index (χ3n) is 1.79. The first-order valence-electron chi connectivity index (χ1n) is 4.79. The Balaban J connectivity index is 2.59. The van der Waals surface area contributed by atoms with Crippen molar-refractivity contribution in [3.8, 4) is 0 Å². The van der Waals surface area contributed by atoms with E-state index in [9.17, 15) is 0 Å². The number of ether oxygens (including phenoxy) is 1. The van der Waals surface area contributed by atoms with Gasteiger partial charge in [0.25, 0.3) is 0 Å². The van der Waals surface area contributed by atoms with Crippen LogP contribution in [0.5, 0.6) is 0 Å². The topological polar surface area (TPSA) is 71.7 Å². The van der Waals surface area contributed by atoms with Crippen LogP contribution >= 0.6 is 15.9 Å². The Morgan fingerprint density at radius 1 is 1.56 bits per heavy atom. The molecule has 0 aliphatic heterocycles. The molecular weight excluding hydrogens is 272 g/mol. The zero-order valence-corrected chi connectivity index (χ0v) is 10.6. The molecule has 0 radical (unpaired) electrons. The fourth-order valence-electron chi connectivity index (χ4n) is 1.07. The molecule has 16 heavy (non-hydrogen) atoms. The summed E-state index contributed by atoms with van der Waals surface area (Å²) >= 11 is 3.39. The summed E-state index contributed by atoms with van der Waals surface area (Å²) in [5.41, 5.74) is 3.40. The van der Waals surface area contributed by atoms with Gasteiger partial charge in [0.2, 0.25) is 5.96 Å². The van der Waals surface area contributed by atoms with Gasteiger partial charge in [-0.15, -0.1) is 0 Å². The maximum absolute atomic E-state index is 5.35. The number of hydrazine groups is 1. The standard InChI is InChI=1S/C10H15BrN4O/c1-16-6-5-13-10(15-12)14-9-4-2-3-8(11)7-9/h2-4,7H,5-6,12H2,1H3,(H2,13,14,15). The first-order chi connectivity index (χ1) is 7.76. The minimum Gasteiger partial charge on any atom is -0.383 e. The molecule has 0 heterocycles. The van der Waals surface area contributed by atoms with E-state index in [2.05, 4.69) is 31.7 Å². The van der Waals surface area contributed by atoms with Crippen molar-refractivity contribution < 1.29 is 4.74 Å². The summed E-state index contributed by atoms with van der Waals surface area (Å²) in [6, 6.07) is 7.73. The third-order valence-corrected chi connectivity index (χ3v) is 2.28. The summed E-state index contributed by atoms with van der Waals surface area (Å²) in [6.07, 6.45) is 0. The number of hydrogen-bond donors (Lipinski definition) is 3. The Morgan fingerprint density at radius 2 is 2.38 bits per heavy atom. The molecule has 0 bridgehead atoms. The van der Waals surface area contributed by atoms with Crippen LogP contribution in [0.4, 0.5) is 5.69 Å². The molecule has 1 aromatic rings. The molecule has 0 amide bonds. The summed E-state index contributed by atoms with van der Waals surface area (Å²) < 4.78 is 5.89. The van der Waals surface area contributed by atoms with Crippen LogP contribution in [0.3, 0.4) is 0 Å². The number of nitrogens with one attached hydrogen (secondary N) is 2. The summed E-state index contributed by atoms with van der Waals surface area (Å²) in [7, 11) is 1.63. The molecule has 0 fully saturated rings. The SMILES string of the molecule is COCCN=C(NN)Nc1cccc(Br)c1. The normalized spacial score (nSPS) is 11.3. The maximum atomic E-state index is 5.35. The lowest BCUT2D eigenvalue weighted by Crippen LogP contribution is -2.36. The van der Waals surface area contributed by atoms with Crippen molar-refractivity contribution in [3.63, 3.8) is 0 Å². The van der Waals surface area contributed by atoms with Crippen molar-refractivity contribution in [2.24, 2.45) is 10.8 Å². The van der Waals surface area contributed by atoms with Gasteiger partial charge in [-0.05, 0) is 18.2 Å². The Labute approximate surface area is 103 Å². The molecule has 4 N–H and O–H groups in total. The Hall–Kier alpha value is -1.11. The fraction of sp³-hybridized carbons (Fsp3) is 0.300. The highest BCUT2D eigenvalue weighted by atomic mass is 79.9. The number of hydrogen-bond acceptors (Lipinski definition) is 3. The van der Waals surface area contributed by atoms with E-state index in [0.717, 1.165) is 10.2 Å². The maximum Gasteiger partial charge on any atom is 0.210 e. The molecule has 5 nitrogen and oxygen atoms in total. The second-order valence-electron chi connectivity index (χ2n) is 3.00. The van der Waals surface area contributed by atoms with Crippen LogP contribution in [0.1, 0.15) is 0 Å². The highest BCUT2D eigenvalue weighted by Crippen LogP contribution is 2.15. The van der Waals surface area contributed by atoms with Gasteiger partial charge in [-0.25, -0.2) is 10.8 Å². The van der Waals surface area contributed by atoms with Crippen LogP contribution in [0.25, 0.3) is 0 Å². The van der Waals surface area contributed by atoms with Crippen LogP contribution in [-0.4, -0.2) is 26.2 Å². The lowest BCUT2D eigenvalue weighted by molar-refractivity contribution is 0.208. The van der Waals surface area contributed by atoms with Gasteiger partial charge in [0, 0.05) is 17.3 Å². The average molecular weight is 287 g/mol. The molecule has 0 atom stereocenters. The molecule has 0 spiro atoms. The molecule has 0 aliphatic carbocycles. The second-order valence-corrected chi connectivity index (χ2v) is 3.92. The van der Waals surface area contributed by atoms with E-state index in [4.69, 9.17) is 10.6 Å². The average Bonchev–Trinajstić information content (AvgIpc) is 2.28. The monoisotopic (exact) mass is 286 g/mol. The van der Waals surface area contributed by atoms with Crippen molar-refractivity contribution in [3.05, 3.63) is 28.7 Å². The summed E-state index contributed by atoms with van der Waals surface area (Å²) in [4.78, 5) is 4.19. The molecule has 0 unspecified atom stereocenters. The zero-order valence-electron chi connectivity index (χ0n) is 9.03. The van der Waals surface area contributed by atoms with Crippen molar-refractivity contribution >= 4 is 27.6 Å². The Kier molecular flexibility index (Phi) is 5.84. The predicted octanol–water partition coefficient (Wildman–Crippen LogP) is 1.33. The highest BCUT2D eigenvalue weighted by Gasteiger charge is 1.97. The van der Waals surface area contributed by atoms with E-state index in [1.807, 2.05) is 24.3 Å². The number of halogens is 1. The van der Waals surface area contributed by atoms with Crippen molar-refractivity contribution in [2.45, 2.75) is 0 Å². The Bertz CT molecular complexity index is 356. The van der Waals surface area contributed by atoms with E-state index in [-0.39, 0.29) is 0 Å². The molecule has 0 aliphatic rings. The van der Waals surface area contributed by atoms with E-state index in [1.54, 1.807) is 7.11 Å². The van der Waals surface area contributed by atoms with E-state index < -0.39 is 0 Å². The summed E-state index contributed by atoms with van der Waals surface area (Å²) in [5.74, 6) is 5.85. The lowest BCUT2D eigenvalue weighted by atomic mass is 10.3. The zero-order chi connectivity index (χ0) is 11.8. The summed E-state index contributed by atoms with van der Waals surface area (Å²) in [6.45, 7) is 1.11. The Morgan fingerprint density at radius 3 is 3.00 bits per heavy atom. The smallest absolute Gasteiger partial charge is 0.210 e. The van der Waals surface area contributed by atoms with Crippen LogP contribution in [0.15, 0.2) is 33.7 Å². The van der Waals surface area contributed by atoms with Crippen LogP contribution in [0.2, 0.25) is 0 Å². The van der Waals surface area contributed by atoms with Gasteiger partial charge in [0.1, 0.15) is 0 Å². The number of rotatable bonds is 4. The molecule has 0 saturated heterocycles. The van der Waals surface area contributed by atoms with Gasteiger partial charge in [-0.2, -0.15) is 0 Å². The van der Waals surface area contributed by atoms with E-state index in [1.165, 1.54) is 0 Å². The van der Waals surface area contributed by atoms with Gasteiger partial charge in [0.05, 0.1) is 13.2 Å². The molecule has 1 rings (SSSR count). The first kappa shape index (κ1) is 13.0. The second kappa shape index (κ2) is 7.21. The molecule has 6 heteroatoms. The molecule has 1 aromatic carbocycles. The minimum atomic E-state index is 0.509. The van der Waals surface area contributed by atoms with Gasteiger partial charge in [-0.1, -0.05) is 22.0 Å². The number of guanidine groups is 1. The van der Waals surface area contributed by atoms with Crippen molar-refractivity contribution in [1.82, 2.24) is 5.43 Å². The minimum absolute atomic E-state index is 0.509. The van der Waals surface area contributed by atoms with E-state index >= 15 is 0 Å². The van der Waals surface area contributed by atoms with Gasteiger partial charge in [0.15, 0.2) is 0 Å². The largest absolute Gasteiger partial charge is 0.383 e. The van der Waals surface area contributed by atoms with Gasteiger partial charge >= 0.3 is 0 Å². The molecule has 0 aromatic heterocycles. The van der Waals surface area contributed by atoms with E-state index in [0.29, 0.717) is 19.1 Å². The van der Waals surface area contributed by atoms with Crippen LogP contribution in [-0.2, 0) is 4.74 Å². The molecule has 88 valence electrons. The first-order valence-corrected chi connectivity index (χ1v) is 5.58. The molecular formula is C10H15BrN4O. The predicted molar refractivity (Wildman–Crippen MR) is 69.3 cm³/mol. The fourth-order valence-corrected chi connectivity index (χ4v) is 1.47. The lowest BCUT2D eigenvalue weighted by Gasteiger charge is -2.09. The highest BCUT2D eigenvalue weighted by molar-refractivity contribution is 9.10. The quantitative estimate of drug-likeness (QED) is 0.257. The van der Waals surface area contributed by atoms with Gasteiger partial charge < -0.3 is 10.1 Å². The third kappa shape index (κ3) is 4.61. The van der Waals surface area contributed by atoms with Crippen LogP contribution < -0.4 is 16.6 Å². The number of methoxy groups -OCH3 is 1. The van der Waals surface area contributed by atoms with Crippen LogP contribution in [0, 0.1) is 0 Å². The van der Waals surface area contributed by atoms with Crippen molar-refractivity contribution in [1.29, 1.82) is 0 Å². The summed E-state index contributed by atoms with van der Waals surface area (Å²) in [5, 5.41) is 3.06. The number of nitrogens with zero attached hydrogens (tertiary/aromatic N) is 1. The number of benzene rings is 1. The molecule has 0 saturated carbocycles. The number of anilines is 1. The number of nitrogens with two attached hydrogens (primary N) is 1. The van der Waals surface area contributed by atoms with Crippen molar-refractivity contribution in [2.75, 3.05) is 25.6 Å². The van der Waals surface area contributed by atoms with Gasteiger partial charge in [-0.3, -0.25) is 5.43 Å².